The van der Waals surface area contributed by atoms with Crippen molar-refractivity contribution in [2.24, 2.45) is 14.1 Å². The molecule has 10 heteroatoms. The Kier molecular flexibility index (Phi) is 6.16. The van der Waals surface area contributed by atoms with Crippen molar-refractivity contribution in [2.45, 2.75) is 25.7 Å². The lowest BCUT2D eigenvalue weighted by molar-refractivity contribution is 0.174. The average Bonchev–Trinajstić information content (AvgIpc) is 3.14. The van der Waals surface area contributed by atoms with E-state index in [0.717, 1.165) is 4.57 Å². The first-order chi connectivity index (χ1) is 13.8. The molecule has 0 fully saturated rings. The van der Waals surface area contributed by atoms with Crippen LogP contribution in [0.1, 0.15) is 23.7 Å². The first-order valence-corrected chi connectivity index (χ1v) is 9.27. The van der Waals surface area contributed by atoms with E-state index < -0.39 is 11.8 Å². The molecule has 1 atom stereocenters. The summed E-state index contributed by atoms with van der Waals surface area (Å²) in [6.07, 6.45) is 1.45. The van der Waals surface area contributed by atoms with E-state index in [0.29, 0.717) is 48.3 Å². The number of fused-ring (bicyclic) bond motifs is 1. The number of rotatable bonds is 8. The zero-order valence-electron chi connectivity index (χ0n) is 16.4. The number of imidazole rings is 1. The number of benzene rings is 1. The topological polar surface area (TPSA) is 135 Å². The number of aryl methyl sites for hydroxylation is 2. The Balaban J connectivity index is 1.58. The minimum absolute atomic E-state index is 0.00684. The number of aromatic hydroxyl groups is 1. The van der Waals surface area contributed by atoms with Crippen LogP contribution < -0.4 is 16.6 Å². The Morgan fingerprint density at radius 2 is 1.97 bits per heavy atom. The lowest BCUT2D eigenvalue weighted by Crippen LogP contribution is -2.37. The van der Waals surface area contributed by atoms with Crippen molar-refractivity contribution < 1.29 is 15.3 Å². The van der Waals surface area contributed by atoms with Crippen molar-refractivity contribution in [3.05, 3.63) is 56.5 Å². The molecule has 10 nitrogen and oxygen atoms in total. The summed E-state index contributed by atoms with van der Waals surface area (Å²) in [5.41, 5.74) is 0.913. The maximum absolute atomic E-state index is 12.4. The quantitative estimate of drug-likeness (QED) is 0.367. The highest BCUT2D eigenvalue weighted by Crippen LogP contribution is 2.22. The molecule has 2 aromatic heterocycles. The first kappa shape index (κ1) is 20.8. The highest BCUT2D eigenvalue weighted by molar-refractivity contribution is 5.69. The van der Waals surface area contributed by atoms with Gasteiger partial charge in [0, 0.05) is 32.7 Å². The Bertz CT molecular complexity index is 1130. The third-order valence-electron chi connectivity index (χ3n) is 4.97. The second kappa shape index (κ2) is 8.60. The van der Waals surface area contributed by atoms with Crippen LogP contribution >= 0.6 is 0 Å². The highest BCUT2D eigenvalue weighted by atomic mass is 16.3. The summed E-state index contributed by atoms with van der Waals surface area (Å²) >= 11 is 0. The Morgan fingerprint density at radius 3 is 2.69 bits per heavy atom. The molecule has 0 unspecified atom stereocenters. The molecule has 156 valence electrons. The summed E-state index contributed by atoms with van der Waals surface area (Å²) in [6.45, 7) is 1.12. The summed E-state index contributed by atoms with van der Waals surface area (Å²) in [4.78, 5) is 28.5. The van der Waals surface area contributed by atoms with Gasteiger partial charge in [0.15, 0.2) is 11.2 Å². The summed E-state index contributed by atoms with van der Waals surface area (Å²) in [7, 11) is 3.02. The molecule has 0 aliphatic carbocycles. The molecule has 0 saturated carbocycles. The molecule has 3 rings (SSSR count). The normalized spacial score (nSPS) is 12.6. The minimum Gasteiger partial charge on any atom is -0.508 e. The minimum atomic E-state index is -0.781. The molecule has 0 radical (unpaired) electrons. The van der Waals surface area contributed by atoms with Crippen LogP contribution in [0.3, 0.4) is 0 Å². The second-order valence-electron chi connectivity index (χ2n) is 6.94. The van der Waals surface area contributed by atoms with E-state index in [2.05, 4.69) is 10.3 Å². The lowest BCUT2D eigenvalue weighted by atomic mass is 10.1. The number of aliphatic hydroxyl groups excluding tert-OH is 2. The van der Waals surface area contributed by atoms with Gasteiger partial charge in [-0.25, -0.2) is 9.78 Å². The molecule has 1 aromatic carbocycles. The van der Waals surface area contributed by atoms with Crippen LogP contribution in [0.5, 0.6) is 5.75 Å². The number of hydrogen-bond donors (Lipinski definition) is 4. The van der Waals surface area contributed by atoms with Crippen molar-refractivity contribution in [3.63, 3.8) is 0 Å². The Hall–Kier alpha value is -2.95. The number of aliphatic hydroxyl groups is 2. The fourth-order valence-electron chi connectivity index (χ4n) is 3.24. The van der Waals surface area contributed by atoms with E-state index in [9.17, 15) is 24.9 Å². The third-order valence-corrected chi connectivity index (χ3v) is 4.97. The molecule has 0 amide bonds. The lowest BCUT2D eigenvalue weighted by Gasteiger charge is -2.14. The first-order valence-electron chi connectivity index (χ1n) is 9.27. The van der Waals surface area contributed by atoms with Gasteiger partial charge in [-0.05, 0) is 30.7 Å². The van der Waals surface area contributed by atoms with Gasteiger partial charge in [0.05, 0.1) is 19.0 Å². The SMILES string of the molecule is Cn1c(=O)c2c(ncn2CCCNC[C@H](O)c2ccc(O)c(CO)c2)n(C)c1=O. The molecule has 2 heterocycles. The Morgan fingerprint density at radius 1 is 1.21 bits per heavy atom. The van der Waals surface area contributed by atoms with Crippen molar-refractivity contribution >= 4 is 11.2 Å². The smallest absolute Gasteiger partial charge is 0.332 e. The number of hydrogen-bond acceptors (Lipinski definition) is 7. The van der Waals surface area contributed by atoms with Crippen molar-refractivity contribution in [2.75, 3.05) is 13.1 Å². The van der Waals surface area contributed by atoms with Crippen LogP contribution in [-0.2, 0) is 27.2 Å². The maximum atomic E-state index is 12.4. The second-order valence-corrected chi connectivity index (χ2v) is 6.94. The van der Waals surface area contributed by atoms with Crippen LogP contribution in [0.15, 0.2) is 34.1 Å². The van der Waals surface area contributed by atoms with Gasteiger partial charge in [-0.3, -0.25) is 13.9 Å². The van der Waals surface area contributed by atoms with E-state index in [1.165, 1.54) is 17.7 Å². The molecule has 29 heavy (non-hydrogen) atoms. The van der Waals surface area contributed by atoms with E-state index in [-0.39, 0.29) is 17.9 Å². The fraction of sp³-hybridized carbons (Fsp3) is 0.421. The van der Waals surface area contributed by atoms with Gasteiger partial charge in [0.25, 0.3) is 5.56 Å². The van der Waals surface area contributed by atoms with Crippen LogP contribution in [0.4, 0.5) is 0 Å². The van der Waals surface area contributed by atoms with E-state index >= 15 is 0 Å². The van der Waals surface area contributed by atoms with E-state index in [1.807, 2.05) is 0 Å². The van der Waals surface area contributed by atoms with Crippen molar-refractivity contribution in [1.29, 1.82) is 0 Å². The van der Waals surface area contributed by atoms with E-state index in [1.54, 1.807) is 30.1 Å². The molecule has 0 spiro atoms. The largest absolute Gasteiger partial charge is 0.508 e. The van der Waals surface area contributed by atoms with Gasteiger partial charge >= 0.3 is 5.69 Å². The zero-order chi connectivity index (χ0) is 21.1. The number of nitrogens with one attached hydrogen (secondary N) is 1. The highest BCUT2D eigenvalue weighted by Gasteiger charge is 2.14. The van der Waals surface area contributed by atoms with Gasteiger partial charge in [-0.2, -0.15) is 0 Å². The summed E-state index contributed by atoms with van der Waals surface area (Å²) in [6, 6.07) is 4.62. The number of phenols is 1. The molecular formula is C19H25N5O5. The Labute approximate surface area is 166 Å². The standard InChI is InChI=1S/C19H25N5O5/c1-22-17-16(18(28)23(2)19(22)29)24(11-21-17)7-3-6-20-9-15(27)12-4-5-14(26)13(8-12)10-25/h4-5,8,11,15,20,25-27H,3,6-7,9-10H2,1-2H3/t15-/m0/s1. The molecule has 0 aliphatic rings. The van der Waals surface area contributed by atoms with Gasteiger partial charge in [-0.15, -0.1) is 0 Å². The number of nitrogens with zero attached hydrogens (tertiary/aromatic N) is 4. The maximum Gasteiger partial charge on any atom is 0.332 e. The molecule has 0 saturated heterocycles. The summed E-state index contributed by atoms with van der Waals surface area (Å²) < 4.78 is 4.14. The summed E-state index contributed by atoms with van der Waals surface area (Å²) in [5.74, 6) is -0.00684. The van der Waals surface area contributed by atoms with Crippen molar-refractivity contribution in [3.8, 4) is 5.75 Å². The van der Waals surface area contributed by atoms with Crippen LogP contribution in [0.2, 0.25) is 0 Å². The molecule has 4 N–H and O–H groups in total. The summed E-state index contributed by atoms with van der Waals surface area (Å²) in [5, 5.41) is 32.2. The van der Waals surface area contributed by atoms with Gasteiger partial charge < -0.3 is 25.2 Å². The monoisotopic (exact) mass is 403 g/mol. The van der Waals surface area contributed by atoms with Gasteiger partial charge in [-0.1, -0.05) is 6.07 Å². The molecule has 0 aliphatic heterocycles. The predicted octanol–water partition coefficient (Wildman–Crippen LogP) is -0.655. The molecule has 0 bridgehead atoms. The van der Waals surface area contributed by atoms with Crippen LogP contribution in [-0.4, -0.2) is 47.1 Å². The molecule has 3 aromatic rings. The average molecular weight is 403 g/mol. The number of aromatic nitrogens is 4. The van der Waals surface area contributed by atoms with Gasteiger partial charge in [0.1, 0.15) is 5.75 Å². The van der Waals surface area contributed by atoms with Gasteiger partial charge in [0.2, 0.25) is 0 Å². The fourth-order valence-corrected chi connectivity index (χ4v) is 3.24. The zero-order valence-corrected chi connectivity index (χ0v) is 16.4. The predicted molar refractivity (Wildman–Crippen MR) is 107 cm³/mol. The van der Waals surface area contributed by atoms with Crippen molar-refractivity contribution in [1.82, 2.24) is 24.0 Å². The van der Waals surface area contributed by atoms with Crippen LogP contribution in [0.25, 0.3) is 11.2 Å². The van der Waals surface area contributed by atoms with E-state index in [4.69, 9.17) is 0 Å². The third kappa shape index (κ3) is 4.09. The van der Waals surface area contributed by atoms with Crippen LogP contribution in [0, 0.1) is 0 Å². The molecular weight excluding hydrogens is 378 g/mol.